The third kappa shape index (κ3) is 2.00. The van der Waals surface area contributed by atoms with Gasteiger partial charge in [0.05, 0.1) is 18.1 Å². The maximum Gasteiger partial charge on any atom is 0.245 e. The van der Waals surface area contributed by atoms with E-state index in [0.29, 0.717) is 6.42 Å². The van der Waals surface area contributed by atoms with Crippen molar-refractivity contribution in [3.8, 4) is 0 Å². The van der Waals surface area contributed by atoms with Gasteiger partial charge in [-0.05, 0) is 23.8 Å². The van der Waals surface area contributed by atoms with Crippen LogP contribution in [0.5, 0.6) is 0 Å². The number of benzene rings is 1. The van der Waals surface area contributed by atoms with Crippen LogP contribution in [0.1, 0.15) is 12.0 Å². The summed E-state index contributed by atoms with van der Waals surface area (Å²) >= 11 is 0. The Balaban J connectivity index is 1.50. The van der Waals surface area contributed by atoms with Gasteiger partial charge in [-0.15, -0.1) is 0 Å². The summed E-state index contributed by atoms with van der Waals surface area (Å²) in [6.45, 7) is 0. The summed E-state index contributed by atoms with van der Waals surface area (Å²) in [6, 6.07) is 9.23. The molecule has 2 saturated carbocycles. The summed E-state index contributed by atoms with van der Waals surface area (Å²) in [5.41, 5.74) is 1.03. The zero-order valence-corrected chi connectivity index (χ0v) is 15.0. The normalized spacial score (nSPS) is 40.3. The monoisotopic (exact) mass is 356 g/mol. The van der Waals surface area contributed by atoms with Crippen LogP contribution < -0.4 is 0 Å². The van der Waals surface area contributed by atoms with Crippen LogP contribution in [-0.4, -0.2) is 65.3 Å². The van der Waals surface area contributed by atoms with E-state index in [1.54, 1.807) is 23.9 Å². The largest absolute Gasteiger partial charge is 0.390 e. The second-order valence-corrected chi connectivity index (χ2v) is 8.33. The highest BCUT2D eigenvalue weighted by Gasteiger charge is 2.73. The van der Waals surface area contributed by atoms with Crippen molar-refractivity contribution in [2.24, 2.45) is 23.7 Å². The fraction of sp³-hybridized carbons (Fsp3) is 0.600. The minimum Gasteiger partial charge on any atom is -0.390 e. The predicted molar refractivity (Wildman–Crippen MR) is 92.7 cm³/mol. The van der Waals surface area contributed by atoms with E-state index in [1.165, 1.54) is 0 Å². The Kier molecular flexibility index (Phi) is 3.46. The minimum absolute atomic E-state index is 0.00988. The summed E-state index contributed by atoms with van der Waals surface area (Å²) in [5, 5.41) is 10.4. The quantitative estimate of drug-likeness (QED) is 0.853. The first-order chi connectivity index (χ1) is 12.5. The molecular weight excluding hydrogens is 332 g/mol. The van der Waals surface area contributed by atoms with Crippen molar-refractivity contribution in [1.29, 1.82) is 0 Å². The Bertz CT molecular complexity index is 751. The Hall–Kier alpha value is -1.92. The van der Waals surface area contributed by atoms with E-state index in [2.05, 4.69) is 0 Å². The molecule has 8 atom stereocenters. The number of aliphatic hydroxyl groups excluding tert-OH is 1. The van der Waals surface area contributed by atoms with Crippen molar-refractivity contribution in [1.82, 2.24) is 9.80 Å². The van der Waals surface area contributed by atoms with Crippen molar-refractivity contribution in [2.75, 3.05) is 14.1 Å². The van der Waals surface area contributed by atoms with E-state index < -0.39 is 12.1 Å². The standard InChI is InChI=1S/C20H24N2O4/c1-21(2)18(24)13(8-10-6-4-3-5-7-10)22-19(25)14-11-9-12-15(14)20(22)26-17(12)16(11)23/h3-7,11-17,20,23H,8-9H2,1-2H3. The van der Waals surface area contributed by atoms with Crippen LogP contribution in [0.3, 0.4) is 0 Å². The molecule has 2 bridgehead atoms. The molecular formula is C20H24N2O4. The minimum atomic E-state index is -0.564. The van der Waals surface area contributed by atoms with Crippen LogP contribution in [0.15, 0.2) is 30.3 Å². The van der Waals surface area contributed by atoms with Gasteiger partial charge >= 0.3 is 0 Å². The Morgan fingerprint density at radius 1 is 1.31 bits per heavy atom. The fourth-order valence-electron chi connectivity index (χ4n) is 5.86. The number of carbonyl (C=O) groups excluding carboxylic acids is 2. The molecule has 6 heteroatoms. The van der Waals surface area contributed by atoms with E-state index >= 15 is 0 Å². The highest BCUT2D eigenvalue weighted by atomic mass is 16.5. The van der Waals surface area contributed by atoms with Gasteiger partial charge in [-0.25, -0.2) is 0 Å². The first-order valence-corrected chi connectivity index (χ1v) is 9.40. The van der Waals surface area contributed by atoms with Gasteiger partial charge < -0.3 is 19.6 Å². The highest BCUT2D eigenvalue weighted by Crippen LogP contribution is 2.63. The molecule has 26 heavy (non-hydrogen) atoms. The third-order valence-corrected chi connectivity index (χ3v) is 6.89. The number of hydrogen-bond acceptors (Lipinski definition) is 4. The average Bonchev–Trinajstić information content (AvgIpc) is 3.31. The van der Waals surface area contributed by atoms with Crippen LogP contribution in [0.4, 0.5) is 0 Å². The molecule has 2 heterocycles. The fourth-order valence-corrected chi connectivity index (χ4v) is 5.86. The van der Waals surface area contributed by atoms with Crippen LogP contribution in [-0.2, 0) is 20.7 Å². The molecule has 138 valence electrons. The zero-order valence-electron chi connectivity index (χ0n) is 15.0. The first kappa shape index (κ1) is 16.3. The van der Waals surface area contributed by atoms with E-state index in [1.807, 2.05) is 30.3 Å². The number of likely N-dealkylation sites (N-methyl/N-ethyl adjacent to an activating group) is 1. The Morgan fingerprint density at radius 2 is 2.04 bits per heavy atom. The summed E-state index contributed by atoms with van der Waals surface area (Å²) in [5.74, 6) is 0.0977. The van der Waals surface area contributed by atoms with Gasteiger partial charge in [-0.2, -0.15) is 0 Å². The van der Waals surface area contributed by atoms with E-state index in [9.17, 15) is 14.7 Å². The summed E-state index contributed by atoms with van der Waals surface area (Å²) in [6.07, 6.45) is 0.277. The molecule has 0 spiro atoms. The van der Waals surface area contributed by atoms with Gasteiger partial charge in [0.15, 0.2) is 0 Å². The van der Waals surface area contributed by atoms with Crippen molar-refractivity contribution in [2.45, 2.75) is 37.3 Å². The van der Waals surface area contributed by atoms with Gasteiger partial charge in [0.25, 0.3) is 0 Å². The molecule has 5 rings (SSSR count). The molecule has 4 aliphatic rings. The molecule has 6 nitrogen and oxygen atoms in total. The predicted octanol–water partition coefficient (Wildman–Crippen LogP) is 0.496. The maximum atomic E-state index is 13.3. The lowest BCUT2D eigenvalue weighted by atomic mass is 9.80. The number of likely N-dealkylation sites (tertiary alicyclic amines) is 1. The molecule has 1 aromatic carbocycles. The smallest absolute Gasteiger partial charge is 0.245 e. The molecule has 0 aromatic heterocycles. The second-order valence-electron chi connectivity index (χ2n) is 8.33. The zero-order chi connectivity index (χ0) is 18.2. The number of ether oxygens (including phenoxy) is 1. The van der Waals surface area contributed by atoms with Gasteiger partial charge in [0.1, 0.15) is 12.3 Å². The average molecular weight is 356 g/mol. The molecule has 1 N–H and O–H groups in total. The Morgan fingerprint density at radius 3 is 2.73 bits per heavy atom. The van der Waals surface area contributed by atoms with Crippen LogP contribution in [0.25, 0.3) is 0 Å². The summed E-state index contributed by atoms with van der Waals surface area (Å²) in [4.78, 5) is 29.5. The SMILES string of the molecule is CN(C)C(=O)C(Cc1ccccc1)N1C(=O)C2C3CC4C(OC1C42)C3O. The first-order valence-electron chi connectivity index (χ1n) is 9.40. The highest BCUT2D eigenvalue weighted by molar-refractivity contribution is 5.91. The number of amides is 2. The lowest BCUT2D eigenvalue weighted by molar-refractivity contribution is -0.162. The number of aliphatic hydroxyl groups is 1. The van der Waals surface area contributed by atoms with Crippen molar-refractivity contribution in [3.63, 3.8) is 0 Å². The van der Waals surface area contributed by atoms with Crippen LogP contribution in [0.2, 0.25) is 0 Å². The number of fused-ring (bicyclic) bond motifs is 2. The van der Waals surface area contributed by atoms with Crippen LogP contribution in [0, 0.1) is 23.7 Å². The van der Waals surface area contributed by atoms with Gasteiger partial charge in [-0.1, -0.05) is 30.3 Å². The van der Waals surface area contributed by atoms with Crippen molar-refractivity contribution >= 4 is 11.8 Å². The maximum absolute atomic E-state index is 13.3. The van der Waals surface area contributed by atoms with Gasteiger partial charge in [-0.3, -0.25) is 9.59 Å². The van der Waals surface area contributed by atoms with Crippen molar-refractivity contribution < 1.29 is 19.4 Å². The molecule has 0 radical (unpaired) electrons. The van der Waals surface area contributed by atoms with Crippen LogP contribution >= 0.6 is 0 Å². The van der Waals surface area contributed by atoms with Gasteiger partial charge in [0, 0.05) is 26.4 Å². The number of rotatable bonds is 4. The molecule has 2 aliphatic heterocycles. The van der Waals surface area contributed by atoms with E-state index in [-0.39, 0.29) is 47.8 Å². The summed E-state index contributed by atoms with van der Waals surface area (Å²) in [7, 11) is 3.45. The number of carbonyl (C=O) groups is 2. The second kappa shape index (κ2) is 5.54. The van der Waals surface area contributed by atoms with E-state index in [0.717, 1.165) is 12.0 Å². The molecule has 8 unspecified atom stereocenters. The number of nitrogens with zero attached hydrogens (tertiary/aromatic N) is 2. The lowest BCUT2D eigenvalue weighted by Crippen LogP contribution is -2.54. The molecule has 2 amide bonds. The molecule has 2 aliphatic carbocycles. The van der Waals surface area contributed by atoms with E-state index in [4.69, 9.17) is 4.74 Å². The number of hydrogen-bond donors (Lipinski definition) is 1. The molecule has 1 aromatic rings. The Labute approximate surface area is 152 Å². The topological polar surface area (TPSA) is 70.1 Å². The molecule has 2 saturated heterocycles. The third-order valence-electron chi connectivity index (χ3n) is 6.89. The van der Waals surface area contributed by atoms with Gasteiger partial charge in [0.2, 0.25) is 11.8 Å². The summed E-state index contributed by atoms with van der Waals surface area (Å²) < 4.78 is 6.16. The lowest BCUT2D eigenvalue weighted by Gasteiger charge is -2.35. The van der Waals surface area contributed by atoms with Crippen molar-refractivity contribution in [3.05, 3.63) is 35.9 Å². The molecule has 4 fully saturated rings.